The molecular weight excluding hydrogens is 404 g/mol. The number of methoxy groups -OCH3 is 2. The Hall–Kier alpha value is -3.48. The maximum atomic E-state index is 5.50. The van der Waals surface area contributed by atoms with Crippen molar-refractivity contribution < 1.29 is 14.2 Å². The van der Waals surface area contributed by atoms with Gasteiger partial charge in [-0.25, -0.2) is 9.97 Å². The van der Waals surface area contributed by atoms with E-state index >= 15 is 0 Å². The van der Waals surface area contributed by atoms with Gasteiger partial charge in [-0.05, 0) is 49.7 Å². The summed E-state index contributed by atoms with van der Waals surface area (Å²) in [5, 5.41) is 0. The summed E-state index contributed by atoms with van der Waals surface area (Å²) in [4.78, 5) is 14.1. The molecule has 0 aliphatic carbocycles. The molecule has 0 atom stereocenters. The Morgan fingerprint density at radius 2 is 1.59 bits per heavy atom. The highest BCUT2D eigenvalue weighted by atomic mass is 16.5. The summed E-state index contributed by atoms with van der Waals surface area (Å²) in [5.74, 6) is 2.10. The van der Waals surface area contributed by atoms with Crippen LogP contribution in [0.5, 0.6) is 17.5 Å². The van der Waals surface area contributed by atoms with Crippen LogP contribution in [0.3, 0.4) is 0 Å². The van der Waals surface area contributed by atoms with E-state index in [1.165, 1.54) is 5.69 Å². The van der Waals surface area contributed by atoms with Crippen molar-refractivity contribution >= 4 is 11.4 Å². The van der Waals surface area contributed by atoms with Crippen LogP contribution in [0.2, 0.25) is 0 Å². The van der Waals surface area contributed by atoms with E-state index < -0.39 is 0 Å². The van der Waals surface area contributed by atoms with Gasteiger partial charge in [-0.2, -0.15) is 0 Å². The Labute approximate surface area is 189 Å². The Bertz CT molecular complexity index is 1030. The standard InChI is InChI=1S/C25H30N4O3/c1-5-32-22-11-6-19(17-26-22)24-25(18(2)16-23(27-24)31-4)29-14-12-28(13-15-29)20-7-9-21(30-3)10-8-20/h6-11,16-17H,5,12-15H2,1-4H3. The number of pyridine rings is 2. The number of piperazine rings is 1. The van der Waals surface area contributed by atoms with Crippen molar-refractivity contribution in [3.63, 3.8) is 0 Å². The van der Waals surface area contributed by atoms with Gasteiger partial charge in [-0.3, -0.25) is 0 Å². The molecule has 32 heavy (non-hydrogen) atoms. The average molecular weight is 435 g/mol. The summed E-state index contributed by atoms with van der Waals surface area (Å²) < 4.78 is 16.2. The summed E-state index contributed by atoms with van der Waals surface area (Å²) in [6, 6.07) is 14.2. The van der Waals surface area contributed by atoms with Gasteiger partial charge < -0.3 is 24.0 Å². The quantitative estimate of drug-likeness (QED) is 0.552. The molecule has 0 unspecified atom stereocenters. The third kappa shape index (κ3) is 4.56. The van der Waals surface area contributed by atoms with Crippen LogP contribution in [-0.2, 0) is 0 Å². The highest BCUT2D eigenvalue weighted by molar-refractivity contribution is 5.78. The zero-order valence-corrected chi connectivity index (χ0v) is 19.2. The number of aromatic nitrogens is 2. The second kappa shape index (κ2) is 9.77. The molecule has 0 amide bonds. The molecule has 1 fully saturated rings. The molecule has 0 N–H and O–H groups in total. The van der Waals surface area contributed by atoms with E-state index in [0.717, 1.165) is 54.4 Å². The van der Waals surface area contributed by atoms with Crippen LogP contribution in [0.15, 0.2) is 48.7 Å². The van der Waals surface area contributed by atoms with Gasteiger partial charge in [0.05, 0.1) is 32.2 Å². The Balaban J connectivity index is 1.59. The average Bonchev–Trinajstić information content (AvgIpc) is 2.84. The third-order valence-corrected chi connectivity index (χ3v) is 5.70. The lowest BCUT2D eigenvalue weighted by molar-refractivity contribution is 0.327. The first kappa shape index (κ1) is 21.7. The van der Waals surface area contributed by atoms with Crippen molar-refractivity contribution in [2.75, 3.05) is 56.8 Å². The van der Waals surface area contributed by atoms with E-state index in [4.69, 9.17) is 19.2 Å². The third-order valence-electron chi connectivity index (χ3n) is 5.70. The summed E-state index contributed by atoms with van der Waals surface area (Å²) in [6.45, 7) is 8.31. The zero-order chi connectivity index (χ0) is 22.5. The van der Waals surface area contributed by atoms with Crippen LogP contribution in [0.1, 0.15) is 12.5 Å². The van der Waals surface area contributed by atoms with Crippen LogP contribution in [0, 0.1) is 6.92 Å². The van der Waals surface area contributed by atoms with Gasteiger partial charge in [0.2, 0.25) is 11.8 Å². The fourth-order valence-corrected chi connectivity index (χ4v) is 4.08. The van der Waals surface area contributed by atoms with Gasteiger partial charge in [-0.1, -0.05) is 0 Å². The van der Waals surface area contributed by atoms with Gasteiger partial charge in [0.15, 0.2) is 0 Å². The molecule has 4 rings (SSSR count). The molecule has 3 heterocycles. The van der Waals surface area contributed by atoms with Crippen LogP contribution in [0.25, 0.3) is 11.3 Å². The molecular formula is C25H30N4O3. The number of rotatable bonds is 7. The van der Waals surface area contributed by atoms with Crippen LogP contribution in [-0.4, -0.2) is 57.0 Å². The summed E-state index contributed by atoms with van der Waals surface area (Å²) in [6.07, 6.45) is 1.82. The predicted molar refractivity (Wildman–Crippen MR) is 127 cm³/mol. The number of anilines is 2. The minimum absolute atomic E-state index is 0.590. The lowest BCUT2D eigenvalue weighted by Crippen LogP contribution is -2.47. The molecule has 0 bridgehead atoms. The van der Waals surface area contributed by atoms with Crippen molar-refractivity contribution in [1.29, 1.82) is 0 Å². The molecule has 168 valence electrons. The number of ether oxygens (including phenoxy) is 3. The second-order valence-electron chi connectivity index (χ2n) is 7.67. The van der Waals surface area contributed by atoms with Crippen LogP contribution >= 0.6 is 0 Å². The van der Waals surface area contributed by atoms with Crippen molar-refractivity contribution in [1.82, 2.24) is 9.97 Å². The van der Waals surface area contributed by atoms with Crippen molar-refractivity contribution in [3.8, 4) is 28.8 Å². The van der Waals surface area contributed by atoms with Crippen LogP contribution in [0.4, 0.5) is 11.4 Å². The Morgan fingerprint density at radius 3 is 2.19 bits per heavy atom. The molecule has 0 saturated carbocycles. The molecule has 2 aromatic heterocycles. The van der Waals surface area contributed by atoms with Gasteiger partial charge in [-0.15, -0.1) is 0 Å². The van der Waals surface area contributed by atoms with E-state index in [9.17, 15) is 0 Å². The highest BCUT2D eigenvalue weighted by Gasteiger charge is 2.23. The summed E-state index contributed by atoms with van der Waals surface area (Å²) in [5.41, 5.74) is 5.31. The summed E-state index contributed by atoms with van der Waals surface area (Å²) in [7, 11) is 3.34. The number of hydrogen-bond donors (Lipinski definition) is 0. The highest BCUT2D eigenvalue weighted by Crippen LogP contribution is 2.36. The second-order valence-corrected chi connectivity index (χ2v) is 7.67. The topological polar surface area (TPSA) is 60.0 Å². The number of aryl methyl sites for hydroxylation is 1. The van der Waals surface area contributed by atoms with Gasteiger partial charge >= 0.3 is 0 Å². The van der Waals surface area contributed by atoms with E-state index in [2.05, 4.69) is 33.8 Å². The molecule has 1 saturated heterocycles. The predicted octanol–water partition coefficient (Wildman–Crippen LogP) is 4.19. The normalized spacial score (nSPS) is 13.8. The zero-order valence-electron chi connectivity index (χ0n) is 19.2. The minimum atomic E-state index is 0.590. The maximum absolute atomic E-state index is 5.50. The fourth-order valence-electron chi connectivity index (χ4n) is 4.08. The molecule has 0 radical (unpaired) electrons. The van der Waals surface area contributed by atoms with Crippen molar-refractivity contribution in [2.45, 2.75) is 13.8 Å². The van der Waals surface area contributed by atoms with Crippen LogP contribution < -0.4 is 24.0 Å². The molecule has 1 aromatic carbocycles. The van der Waals surface area contributed by atoms with Gasteiger partial charge in [0.25, 0.3) is 0 Å². The molecule has 1 aliphatic heterocycles. The molecule has 7 heteroatoms. The van der Waals surface area contributed by atoms with Gasteiger partial charge in [0, 0.05) is 55.8 Å². The van der Waals surface area contributed by atoms with Crippen molar-refractivity contribution in [2.24, 2.45) is 0 Å². The monoisotopic (exact) mass is 434 g/mol. The van der Waals surface area contributed by atoms with E-state index in [1.807, 2.05) is 43.5 Å². The SMILES string of the molecule is CCOc1ccc(-c2nc(OC)cc(C)c2N2CCN(c3ccc(OC)cc3)CC2)cn1. The van der Waals surface area contributed by atoms with Gasteiger partial charge in [0.1, 0.15) is 5.75 Å². The molecule has 1 aliphatic rings. The first-order valence-corrected chi connectivity index (χ1v) is 10.9. The Morgan fingerprint density at radius 1 is 0.875 bits per heavy atom. The number of benzene rings is 1. The molecule has 7 nitrogen and oxygen atoms in total. The first-order chi connectivity index (χ1) is 15.6. The smallest absolute Gasteiger partial charge is 0.213 e. The number of hydrogen-bond acceptors (Lipinski definition) is 7. The largest absolute Gasteiger partial charge is 0.497 e. The molecule has 0 spiro atoms. The molecule has 3 aromatic rings. The van der Waals surface area contributed by atoms with E-state index in [1.54, 1.807) is 14.2 Å². The lowest BCUT2D eigenvalue weighted by Gasteiger charge is -2.38. The summed E-state index contributed by atoms with van der Waals surface area (Å²) >= 11 is 0. The minimum Gasteiger partial charge on any atom is -0.497 e. The van der Waals surface area contributed by atoms with Crippen molar-refractivity contribution in [3.05, 3.63) is 54.2 Å². The lowest BCUT2D eigenvalue weighted by atomic mass is 10.1. The Kier molecular flexibility index (Phi) is 6.63. The fraction of sp³-hybridized carbons (Fsp3) is 0.360. The van der Waals surface area contributed by atoms with E-state index in [-0.39, 0.29) is 0 Å². The maximum Gasteiger partial charge on any atom is 0.213 e. The first-order valence-electron chi connectivity index (χ1n) is 10.9. The van der Waals surface area contributed by atoms with E-state index in [0.29, 0.717) is 18.4 Å². The number of nitrogens with zero attached hydrogens (tertiary/aromatic N) is 4.